The summed E-state index contributed by atoms with van der Waals surface area (Å²) in [5.74, 6) is -0.584. The smallest absolute Gasteiger partial charge is 0.254 e. The highest BCUT2D eigenvalue weighted by molar-refractivity contribution is 5.92. The number of hydrogen-bond acceptors (Lipinski definition) is 5. The third kappa shape index (κ3) is 6.37. The molecule has 0 unspecified atom stereocenters. The average molecular weight is 449 g/mol. The van der Waals surface area contributed by atoms with Crippen LogP contribution < -0.4 is 22.3 Å². The Bertz CT molecular complexity index is 1160. The number of pyridine rings is 1. The van der Waals surface area contributed by atoms with Gasteiger partial charge in [0.25, 0.3) is 5.56 Å². The van der Waals surface area contributed by atoms with Crippen molar-refractivity contribution in [1.29, 1.82) is 0 Å². The first-order valence-corrected chi connectivity index (χ1v) is 11.3. The summed E-state index contributed by atoms with van der Waals surface area (Å²) in [4.78, 5) is 38.8. The molecule has 0 aliphatic carbocycles. The predicted molar refractivity (Wildman–Crippen MR) is 131 cm³/mol. The van der Waals surface area contributed by atoms with E-state index in [1.165, 1.54) is 0 Å². The lowest BCUT2D eigenvalue weighted by molar-refractivity contribution is -0.128. The largest absolute Gasteiger partial charge is 0.345 e. The highest BCUT2D eigenvalue weighted by Crippen LogP contribution is 2.14. The number of carbonyl (C=O) groups is 2. The monoisotopic (exact) mass is 448 g/mol. The Morgan fingerprint density at radius 3 is 2.45 bits per heavy atom. The molecule has 2 aromatic carbocycles. The molecule has 5 N–H and O–H groups in total. The number of amides is 1. The van der Waals surface area contributed by atoms with E-state index in [1.807, 2.05) is 54.6 Å². The third-order valence-electron chi connectivity index (χ3n) is 5.90. The summed E-state index contributed by atoms with van der Waals surface area (Å²) in [5.41, 5.74) is 13.6. The summed E-state index contributed by atoms with van der Waals surface area (Å²) in [7, 11) is 1.70. The summed E-state index contributed by atoms with van der Waals surface area (Å²) >= 11 is 0. The van der Waals surface area contributed by atoms with Gasteiger partial charge >= 0.3 is 0 Å². The molecule has 7 heteroatoms. The van der Waals surface area contributed by atoms with E-state index in [0.29, 0.717) is 37.8 Å². The summed E-state index contributed by atoms with van der Waals surface area (Å²) in [6.45, 7) is 0.447. The molecule has 2 atom stereocenters. The van der Waals surface area contributed by atoms with Crippen molar-refractivity contribution in [2.75, 3.05) is 6.54 Å². The number of para-hydroxylation sites is 1. The lowest BCUT2D eigenvalue weighted by Gasteiger charge is -2.20. The zero-order valence-electron chi connectivity index (χ0n) is 19.0. The van der Waals surface area contributed by atoms with Gasteiger partial charge in [-0.25, -0.2) is 0 Å². The molecule has 7 nitrogen and oxygen atoms in total. The number of benzene rings is 2. The number of Topliss-reactive ketones (excluding diaryl/α,β-unsaturated/α-hetero) is 1. The molecule has 0 spiro atoms. The van der Waals surface area contributed by atoms with Crippen molar-refractivity contribution in [3.63, 3.8) is 0 Å². The molecule has 1 heterocycles. The standard InChI is InChI=1S/C26H32N4O3/c1-30-23-12-6-5-10-19(23)16-20(26(30)33)17-24(31)22(14-13-18-8-3-2-4-9-18)29-25(32)21(28)11-7-15-27/h2-6,8-10,12,16,21-22H,7,11,13-15,17,27-28H2,1H3,(H,29,32)/t21-,22+/m0/s1. The van der Waals surface area contributed by atoms with Gasteiger partial charge < -0.3 is 21.4 Å². The minimum absolute atomic E-state index is 0.0602. The summed E-state index contributed by atoms with van der Waals surface area (Å²) in [6.07, 6.45) is 2.06. The zero-order valence-corrected chi connectivity index (χ0v) is 19.0. The van der Waals surface area contributed by atoms with Crippen molar-refractivity contribution >= 4 is 22.6 Å². The first kappa shape index (κ1) is 24.4. The molecule has 33 heavy (non-hydrogen) atoms. The maximum Gasteiger partial charge on any atom is 0.254 e. The molecular weight excluding hydrogens is 416 g/mol. The number of fused-ring (bicyclic) bond motifs is 1. The SMILES string of the molecule is Cn1c(=O)c(CC(=O)[C@@H](CCc2ccccc2)NC(=O)[C@@H](N)CCCN)cc2ccccc21. The van der Waals surface area contributed by atoms with Gasteiger partial charge in [-0.15, -0.1) is 0 Å². The first-order chi connectivity index (χ1) is 15.9. The van der Waals surface area contributed by atoms with Crippen LogP contribution in [0.5, 0.6) is 0 Å². The van der Waals surface area contributed by atoms with Gasteiger partial charge in [0.1, 0.15) is 0 Å². The Kier molecular flexibility index (Phi) is 8.52. The number of ketones is 1. The molecule has 3 aromatic rings. The minimum Gasteiger partial charge on any atom is -0.345 e. The molecule has 0 aliphatic rings. The molecular formula is C26H32N4O3. The van der Waals surface area contributed by atoms with Gasteiger partial charge in [-0.05, 0) is 55.3 Å². The molecule has 0 aliphatic heterocycles. The summed E-state index contributed by atoms with van der Waals surface area (Å²) in [6, 6.07) is 17.6. The van der Waals surface area contributed by atoms with Crippen molar-refractivity contribution < 1.29 is 9.59 Å². The normalized spacial score (nSPS) is 12.9. The average Bonchev–Trinajstić information content (AvgIpc) is 2.83. The Morgan fingerprint density at radius 2 is 1.73 bits per heavy atom. The van der Waals surface area contributed by atoms with E-state index in [9.17, 15) is 14.4 Å². The van der Waals surface area contributed by atoms with Gasteiger partial charge in [0.15, 0.2) is 5.78 Å². The minimum atomic E-state index is -0.738. The van der Waals surface area contributed by atoms with E-state index < -0.39 is 12.1 Å². The highest BCUT2D eigenvalue weighted by Gasteiger charge is 2.24. The van der Waals surface area contributed by atoms with Crippen LogP contribution in [0.4, 0.5) is 0 Å². The van der Waals surface area contributed by atoms with Crippen molar-refractivity contribution in [1.82, 2.24) is 9.88 Å². The molecule has 0 saturated carbocycles. The van der Waals surface area contributed by atoms with Crippen molar-refractivity contribution in [3.05, 3.63) is 82.1 Å². The molecule has 1 amide bonds. The molecule has 0 radical (unpaired) electrons. The second kappa shape index (κ2) is 11.5. The van der Waals surface area contributed by atoms with Crippen LogP contribution in [0.15, 0.2) is 65.5 Å². The molecule has 174 valence electrons. The van der Waals surface area contributed by atoms with Gasteiger partial charge in [-0.3, -0.25) is 14.4 Å². The first-order valence-electron chi connectivity index (χ1n) is 11.3. The van der Waals surface area contributed by atoms with E-state index in [4.69, 9.17) is 11.5 Å². The second-order valence-electron chi connectivity index (χ2n) is 8.36. The van der Waals surface area contributed by atoms with Crippen LogP contribution in [0.2, 0.25) is 0 Å². The van der Waals surface area contributed by atoms with Gasteiger partial charge in [-0.1, -0.05) is 48.5 Å². The number of nitrogens with one attached hydrogen (secondary N) is 1. The van der Waals surface area contributed by atoms with Crippen LogP contribution in [0.1, 0.15) is 30.4 Å². The Hall–Kier alpha value is -3.29. The zero-order chi connectivity index (χ0) is 23.8. The molecule has 0 bridgehead atoms. The van der Waals surface area contributed by atoms with E-state index >= 15 is 0 Å². The number of nitrogens with zero attached hydrogens (tertiary/aromatic N) is 1. The number of aryl methyl sites for hydroxylation is 2. The number of nitrogens with two attached hydrogens (primary N) is 2. The van der Waals surface area contributed by atoms with E-state index in [1.54, 1.807) is 17.7 Å². The second-order valence-corrected chi connectivity index (χ2v) is 8.36. The van der Waals surface area contributed by atoms with Crippen molar-refractivity contribution in [2.24, 2.45) is 18.5 Å². The van der Waals surface area contributed by atoms with Crippen molar-refractivity contribution in [2.45, 2.75) is 44.2 Å². The fraction of sp³-hybridized carbons (Fsp3) is 0.346. The number of rotatable bonds is 11. The fourth-order valence-corrected chi connectivity index (χ4v) is 3.94. The maximum absolute atomic E-state index is 13.3. The number of hydrogen-bond donors (Lipinski definition) is 3. The molecule has 0 saturated heterocycles. The summed E-state index contributed by atoms with van der Waals surface area (Å²) in [5, 5.41) is 3.71. The fourth-order valence-electron chi connectivity index (χ4n) is 3.94. The Balaban J connectivity index is 1.80. The van der Waals surface area contributed by atoms with Crippen LogP contribution in [0.25, 0.3) is 10.9 Å². The molecule has 1 aromatic heterocycles. The maximum atomic E-state index is 13.3. The van der Waals surface area contributed by atoms with Crippen LogP contribution >= 0.6 is 0 Å². The van der Waals surface area contributed by atoms with Crippen molar-refractivity contribution in [3.8, 4) is 0 Å². The quantitative estimate of drug-likeness (QED) is 0.413. The Morgan fingerprint density at radius 1 is 1.03 bits per heavy atom. The van der Waals surface area contributed by atoms with E-state index in [0.717, 1.165) is 16.5 Å². The van der Waals surface area contributed by atoms with E-state index in [2.05, 4.69) is 5.32 Å². The van der Waals surface area contributed by atoms with Crippen LogP contribution in [0, 0.1) is 0 Å². The predicted octanol–water partition coefficient (Wildman–Crippen LogP) is 1.83. The topological polar surface area (TPSA) is 120 Å². The molecule has 3 rings (SSSR count). The number of carbonyl (C=O) groups excluding carboxylic acids is 2. The van der Waals surface area contributed by atoms with Gasteiger partial charge in [0.2, 0.25) is 5.91 Å². The van der Waals surface area contributed by atoms with Crippen LogP contribution in [0.3, 0.4) is 0 Å². The number of aromatic nitrogens is 1. The lowest BCUT2D eigenvalue weighted by atomic mass is 9.97. The van der Waals surface area contributed by atoms with Gasteiger partial charge in [-0.2, -0.15) is 0 Å². The Labute approximate surface area is 193 Å². The summed E-state index contributed by atoms with van der Waals surface area (Å²) < 4.78 is 1.55. The highest BCUT2D eigenvalue weighted by atomic mass is 16.2. The van der Waals surface area contributed by atoms with Crippen LogP contribution in [-0.4, -0.2) is 34.9 Å². The lowest BCUT2D eigenvalue weighted by Crippen LogP contribution is -2.49. The van der Waals surface area contributed by atoms with Crippen LogP contribution in [-0.2, 0) is 29.5 Å². The third-order valence-corrected chi connectivity index (χ3v) is 5.90. The van der Waals surface area contributed by atoms with Gasteiger partial charge in [0.05, 0.1) is 17.6 Å². The molecule has 0 fully saturated rings. The van der Waals surface area contributed by atoms with Gasteiger partial charge in [0, 0.05) is 19.0 Å². The van der Waals surface area contributed by atoms with E-state index in [-0.39, 0.29) is 23.7 Å².